The Hall–Kier alpha value is -2.90. The SMILES string of the molecule is Cc1noc(C)c1S(=O)(=O)N1CCN(C(=O)COc2ccc(C#N)cc2)CC1. The van der Waals surface area contributed by atoms with Gasteiger partial charge in [-0.1, -0.05) is 5.16 Å². The Kier molecular flexibility index (Phi) is 5.67. The van der Waals surface area contributed by atoms with Gasteiger partial charge in [0.1, 0.15) is 16.3 Å². The van der Waals surface area contributed by atoms with Gasteiger partial charge in [-0.2, -0.15) is 9.57 Å². The molecule has 0 spiro atoms. The molecule has 1 aliphatic rings. The second kappa shape index (κ2) is 8.00. The fourth-order valence-corrected chi connectivity index (χ4v) is 4.73. The highest BCUT2D eigenvalue weighted by molar-refractivity contribution is 7.89. The number of sulfonamides is 1. The first kappa shape index (κ1) is 19.9. The molecule has 3 rings (SSSR count). The summed E-state index contributed by atoms with van der Waals surface area (Å²) in [5, 5.41) is 12.5. The van der Waals surface area contributed by atoms with Crippen LogP contribution in [-0.2, 0) is 14.8 Å². The van der Waals surface area contributed by atoms with Crippen LogP contribution < -0.4 is 4.74 Å². The smallest absolute Gasteiger partial charge is 0.260 e. The number of hydrogen-bond acceptors (Lipinski definition) is 7. The van der Waals surface area contributed by atoms with Crippen LogP contribution in [0.3, 0.4) is 0 Å². The zero-order chi connectivity index (χ0) is 20.3. The highest BCUT2D eigenvalue weighted by atomic mass is 32.2. The summed E-state index contributed by atoms with van der Waals surface area (Å²) in [6.45, 7) is 3.93. The highest BCUT2D eigenvalue weighted by Crippen LogP contribution is 2.24. The molecule has 1 saturated heterocycles. The number of ether oxygens (including phenoxy) is 1. The van der Waals surface area contributed by atoms with Crippen LogP contribution in [0, 0.1) is 25.2 Å². The van der Waals surface area contributed by atoms with Crippen molar-refractivity contribution in [2.75, 3.05) is 32.8 Å². The van der Waals surface area contributed by atoms with Gasteiger partial charge in [0.05, 0.1) is 11.6 Å². The molecule has 0 N–H and O–H groups in total. The Balaban J connectivity index is 1.56. The van der Waals surface area contributed by atoms with Gasteiger partial charge in [-0.3, -0.25) is 4.79 Å². The summed E-state index contributed by atoms with van der Waals surface area (Å²) in [6.07, 6.45) is 0. The number of aryl methyl sites for hydroxylation is 2. The molecule has 2 aromatic rings. The minimum atomic E-state index is -3.71. The number of benzene rings is 1. The Morgan fingerprint density at radius 2 is 1.86 bits per heavy atom. The molecule has 10 heteroatoms. The van der Waals surface area contributed by atoms with E-state index in [0.29, 0.717) is 17.0 Å². The van der Waals surface area contributed by atoms with E-state index in [9.17, 15) is 13.2 Å². The van der Waals surface area contributed by atoms with Crippen LogP contribution in [0.2, 0.25) is 0 Å². The average molecular weight is 404 g/mol. The molecule has 9 nitrogen and oxygen atoms in total. The Bertz CT molecular complexity index is 980. The molecule has 0 atom stereocenters. The molecule has 0 radical (unpaired) electrons. The Labute approximate surface area is 163 Å². The topological polar surface area (TPSA) is 117 Å². The summed E-state index contributed by atoms with van der Waals surface area (Å²) >= 11 is 0. The van der Waals surface area contributed by atoms with Crippen LogP contribution in [0.4, 0.5) is 0 Å². The standard InChI is InChI=1S/C18H20N4O5S/c1-13-18(14(2)27-20-13)28(24,25)22-9-7-21(8-10-22)17(23)12-26-16-5-3-15(11-19)4-6-16/h3-6H,7-10,12H2,1-2H3. The van der Waals surface area contributed by atoms with Crippen molar-refractivity contribution in [2.45, 2.75) is 18.7 Å². The van der Waals surface area contributed by atoms with Crippen molar-refractivity contribution in [1.29, 1.82) is 5.26 Å². The maximum Gasteiger partial charge on any atom is 0.260 e. The van der Waals surface area contributed by atoms with Crippen LogP contribution in [0.15, 0.2) is 33.7 Å². The quantitative estimate of drug-likeness (QED) is 0.732. The number of rotatable bonds is 5. The number of nitrogens with zero attached hydrogens (tertiary/aromatic N) is 4. The molecule has 28 heavy (non-hydrogen) atoms. The molecule has 1 aliphatic heterocycles. The third-order valence-electron chi connectivity index (χ3n) is 4.50. The van der Waals surface area contributed by atoms with Gasteiger partial charge in [0.25, 0.3) is 5.91 Å². The van der Waals surface area contributed by atoms with Gasteiger partial charge < -0.3 is 14.2 Å². The Morgan fingerprint density at radius 1 is 1.21 bits per heavy atom. The normalized spacial score (nSPS) is 15.2. The monoisotopic (exact) mass is 404 g/mol. The first-order valence-corrected chi connectivity index (χ1v) is 10.1. The average Bonchev–Trinajstić information content (AvgIpc) is 3.05. The van der Waals surface area contributed by atoms with Crippen molar-refractivity contribution in [2.24, 2.45) is 0 Å². The molecular formula is C18H20N4O5S. The van der Waals surface area contributed by atoms with Gasteiger partial charge in [0.2, 0.25) is 10.0 Å². The Morgan fingerprint density at radius 3 is 2.39 bits per heavy atom. The fourth-order valence-electron chi connectivity index (χ4n) is 3.01. The first-order valence-electron chi connectivity index (χ1n) is 8.66. The van der Waals surface area contributed by atoms with Gasteiger partial charge >= 0.3 is 0 Å². The van der Waals surface area contributed by atoms with E-state index >= 15 is 0 Å². The number of hydrogen-bond donors (Lipinski definition) is 0. The lowest BCUT2D eigenvalue weighted by Crippen LogP contribution is -2.51. The van der Waals surface area contributed by atoms with Crippen molar-refractivity contribution < 1.29 is 22.5 Å². The summed E-state index contributed by atoms with van der Waals surface area (Å²) in [5.74, 6) is 0.526. The molecule has 148 valence electrons. The fraction of sp³-hybridized carbons (Fsp3) is 0.389. The van der Waals surface area contributed by atoms with Crippen molar-refractivity contribution >= 4 is 15.9 Å². The van der Waals surface area contributed by atoms with E-state index in [1.165, 1.54) is 4.31 Å². The number of carbonyl (C=O) groups excluding carboxylic acids is 1. The van der Waals surface area contributed by atoms with Crippen molar-refractivity contribution in [1.82, 2.24) is 14.4 Å². The van der Waals surface area contributed by atoms with Crippen molar-refractivity contribution in [3.63, 3.8) is 0 Å². The van der Waals surface area contributed by atoms with E-state index in [1.807, 2.05) is 6.07 Å². The minimum absolute atomic E-state index is 0.0939. The number of amides is 1. The molecular weight excluding hydrogens is 384 g/mol. The van der Waals surface area contributed by atoms with Gasteiger partial charge in [-0.25, -0.2) is 8.42 Å². The molecule has 0 unspecified atom stereocenters. The van der Waals surface area contributed by atoms with Crippen LogP contribution >= 0.6 is 0 Å². The molecule has 2 heterocycles. The lowest BCUT2D eigenvalue weighted by atomic mass is 10.2. The maximum absolute atomic E-state index is 12.8. The van der Waals surface area contributed by atoms with E-state index < -0.39 is 10.0 Å². The summed E-state index contributed by atoms with van der Waals surface area (Å²) in [7, 11) is -3.71. The van der Waals surface area contributed by atoms with E-state index in [0.717, 1.165) is 0 Å². The largest absolute Gasteiger partial charge is 0.484 e. The van der Waals surface area contributed by atoms with Gasteiger partial charge in [0, 0.05) is 26.2 Å². The number of nitriles is 1. The van der Waals surface area contributed by atoms with E-state index in [4.69, 9.17) is 14.5 Å². The first-order chi connectivity index (χ1) is 13.3. The lowest BCUT2D eigenvalue weighted by Gasteiger charge is -2.33. The second-order valence-electron chi connectivity index (χ2n) is 6.36. The van der Waals surface area contributed by atoms with Crippen LogP contribution in [0.5, 0.6) is 5.75 Å². The molecule has 1 fully saturated rings. The zero-order valence-electron chi connectivity index (χ0n) is 15.6. The summed E-state index contributed by atoms with van der Waals surface area (Å²) in [5.41, 5.74) is 0.834. The van der Waals surface area contributed by atoms with Gasteiger partial charge in [-0.15, -0.1) is 0 Å². The van der Waals surface area contributed by atoms with Crippen LogP contribution in [0.1, 0.15) is 17.0 Å². The lowest BCUT2D eigenvalue weighted by molar-refractivity contribution is -0.134. The third-order valence-corrected chi connectivity index (χ3v) is 6.65. The summed E-state index contributed by atoms with van der Waals surface area (Å²) in [4.78, 5) is 14.0. The number of carbonyl (C=O) groups is 1. The van der Waals surface area contributed by atoms with Gasteiger partial charge in [-0.05, 0) is 38.1 Å². The molecule has 0 bridgehead atoms. The van der Waals surface area contributed by atoms with Gasteiger partial charge in [0.15, 0.2) is 12.4 Å². The summed E-state index contributed by atoms with van der Waals surface area (Å²) in [6, 6.07) is 8.48. The molecule has 0 saturated carbocycles. The molecule has 1 aromatic carbocycles. The minimum Gasteiger partial charge on any atom is -0.484 e. The van der Waals surface area contributed by atoms with E-state index in [1.54, 1.807) is 43.0 Å². The maximum atomic E-state index is 12.8. The second-order valence-corrected chi connectivity index (χ2v) is 8.24. The molecule has 0 aliphatic carbocycles. The third kappa shape index (κ3) is 4.00. The highest BCUT2D eigenvalue weighted by Gasteiger charge is 2.34. The van der Waals surface area contributed by atoms with E-state index in [-0.39, 0.29) is 49.3 Å². The predicted octanol–water partition coefficient (Wildman–Crippen LogP) is 1.08. The summed E-state index contributed by atoms with van der Waals surface area (Å²) < 4.78 is 37.4. The van der Waals surface area contributed by atoms with Crippen molar-refractivity contribution in [3.8, 4) is 11.8 Å². The van der Waals surface area contributed by atoms with E-state index in [2.05, 4.69) is 5.16 Å². The number of aromatic nitrogens is 1. The molecule has 1 amide bonds. The van der Waals surface area contributed by atoms with Crippen LogP contribution in [-0.4, -0.2) is 61.5 Å². The molecule has 1 aromatic heterocycles. The van der Waals surface area contributed by atoms with Crippen molar-refractivity contribution in [3.05, 3.63) is 41.3 Å². The predicted molar refractivity (Wildman–Crippen MR) is 98.0 cm³/mol. The number of piperazine rings is 1. The van der Waals surface area contributed by atoms with Crippen LogP contribution in [0.25, 0.3) is 0 Å². The zero-order valence-corrected chi connectivity index (χ0v) is 16.4.